The van der Waals surface area contributed by atoms with E-state index in [4.69, 9.17) is 0 Å². The summed E-state index contributed by atoms with van der Waals surface area (Å²) in [6, 6.07) is 0. The van der Waals surface area contributed by atoms with Gasteiger partial charge in [0.15, 0.2) is 5.82 Å². The van der Waals surface area contributed by atoms with E-state index < -0.39 is 12.6 Å². The van der Waals surface area contributed by atoms with Crippen molar-refractivity contribution in [2.24, 2.45) is 0 Å². The van der Waals surface area contributed by atoms with Gasteiger partial charge in [-0.1, -0.05) is 5.16 Å². The lowest BCUT2D eigenvalue weighted by Gasteiger charge is -2.05. The third kappa shape index (κ3) is 4.22. The predicted octanol–water partition coefficient (Wildman–Crippen LogP) is 1.42. The molecule has 0 aromatic carbocycles. The minimum absolute atomic E-state index is 0.142. The first kappa shape index (κ1) is 11.0. The molecule has 0 amide bonds. The van der Waals surface area contributed by atoms with Crippen molar-refractivity contribution in [1.82, 2.24) is 15.5 Å². The molecule has 0 fully saturated rings. The number of alkyl halides is 3. The summed E-state index contributed by atoms with van der Waals surface area (Å²) in [4.78, 5) is 3.82. The maximum atomic E-state index is 11.7. The zero-order valence-electron chi connectivity index (χ0n) is 7.56. The van der Waals surface area contributed by atoms with Gasteiger partial charge in [-0.2, -0.15) is 18.2 Å². The first-order valence-electron chi connectivity index (χ1n) is 4.04. The fourth-order valence-electron chi connectivity index (χ4n) is 0.843. The lowest BCUT2D eigenvalue weighted by Crippen LogP contribution is -2.21. The van der Waals surface area contributed by atoms with E-state index in [0.29, 0.717) is 11.7 Å². The molecule has 1 aromatic heterocycles. The SMILES string of the molecule is Cc1nc(CNCCC(F)(F)F)no1. The van der Waals surface area contributed by atoms with E-state index in [-0.39, 0.29) is 13.1 Å². The Balaban J connectivity index is 2.16. The fourth-order valence-corrected chi connectivity index (χ4v) is 0.843. The molecule has 0 atom stereocenters. The molecule has 7 heteroatoms. The van der Waals surface area contributed by atoms with E-state index in [1.165, 1.54) is 0 Å². The topological polar surface area (TPSA) is 51.0 Å². The molecule has 0 saturated carbocycles. The third-order valence-electron chi connectivity index (χ3n) is 1.44. The van der Waals surface area contributed by atoms with Crippen molar-refractivity contribution in [3.63, 3.8) is 0 Å². The Morgan fingerprint density at radius 2 is 2.14 bits per heavy atom. The van der Waals surface area contributed by atoms with Gasteiger partial charge in [0, 0.05) is 13.5 Å². The lowest BCUT2D eigenvalue weighted by molar-refractivity contribution is -0.133. The van der Waals surface area contributed by atoms with Crippen molar-refractivity contribution in [2.45, 2.75) is 26.1 Å². The van der Waals surface area contributed by atoms with Gasteiger partial charge in [-0.15, -0.1) is 0 Å². The minimum atomic E-state index is -4.12. The Labute approximate surface area is 78.5 Å². The number of nitrogens with one attached hydrogen (secondary N) is 1. The van der Waals surface area contributed by atoms with Crippen molar-refractivity contribution in [2.75, 3.05) is 6.54 Å². The highest BCUT2D eigenvalue weighted by molar-refractivity contribution is 4.82. The summed E-state index contributed by atoms with van der Waals surface area (Å²) in [5, 5.41) is 6.09. The van der Waals surface area contributed by atoms with Gasteiger partial charge in [0.2, 0.25) is 5.89 Å². The van der Waals surface area contributed by atoms with E-state index in [9.17, 15) is 13.2 Å². The first-order chi connectivity index (χ1) is 6.47. The van der Waals surface area contributed by atoms with Crippen LogP contribution in [0.3, 0.4) is 0 Å². The number of halogens is 3. The molecule has 0 spiro atoms. The second-order valence-corrected chi connectivity index (χ2v) is 2.77. The maximum Gasteiger partial charge on any atom is 0.390 e. The minimum Gasteiger partial charge on any atom is -0.340 e. The van der Waals surface area contributed by atoms with Crippen LogP contribution in [0.25, 0.3) is 0 Å². The molecule has 0 aliphatic rings. The molecule has 80 valence electrons. The Bertz CT molecular complexity index is 284. The maximum absolute atomic E-state index is 11.7. The summed E-state index contributed by atoms with van der Waals surface area (Å²) in [7, 11) is 0. The van der Waals surface area contributed by atoms with Gasteiger partial charge < -0.3 is 9.84 Å². The van der Waals surface area contributed by atoms with Crippen molar-refractivity contribution in [3.05, 3.63) is 11.7 Å². The second-order valence-electron chi connectivity index (χ2n) is 2.77. The van der Waals surface area contributed by atoms with Crippen molar-refractivity contribution in [1.29, 1.82) is 0 Å². The molecule has 1 aromatic rings. The van der Waals surface area contributed by atoms with Crippen molar-refractivity contribution >= 4 is 0 Å². The molecule has 14 heavy (non-hydrogen) atoms. The van der Waals surface area contributed by atoms with Crippen LogP contribution in [0.5, 0.6) is 0 Å². The summed E-state index contributed by atoms with van der Waals surface area (Å²) >= 11 is 0. The van der Waals surface area contributed by atoms with Crippen LogP contribution in [0.15, 0.2) is 4.52 Å². The van der Waals surface area contributed by atoms with Gasteiger partial charge in [-0.05, 0) is 0 Å². The summed E-state index contributed by atoms with van der Waals surface area (Å²) in [5.74, 6) is 0.766. The molecule has 0 aliphatic carbocycles. The van der Waals surface area contributed by atoms with Gasteiger partial charge in [0.25, 0.3) is 0 Å². The largest absolute Gasteiger partial charge is 0.390 e. The Morgan fingerprint density at radius 3 is 2.64 bits per heavy atom. The molecule has 0 bridgehead atoms. The molecular formula is C7H10F3N3O. The van der Waals surface area contributed by atoms with Crippen LogP contribution in [0, 0.1) is 6.92 Å². The highest BCUT2D eigenvalue weighted by Gasteiger charge is 2.25. The van der Waals surface area contributed by atoms with Crippen LogP contribution < -0.4 is 5.32 Å². The van der Waals surface area contributed by atoms with Crippen LogP contribution in [0.1, 0.15) is 18.1 Å². The van der Waals surface area contributed by atoms with E-state index in [2.05, 4.69) is 20.0 Å². The third-order valence-corrected chi connectivity index (χ3v) is 1.44. The quantitative estimate of drug-likeness (QED) is 0.762. The molecular weight excluding hydrogens is 199 g/mol. The van der Waals surface area contributed by atoms with Crippen LogP contribution >= 0.6 is 0 Å². The molecule has 1 heterocycles. The lowest BCUT2D eigenvalue weighted by atomic mass is 10.4. The van der Waals surface area contributed by atoms with Crippen molar-refractivity contribution < 1.29 is 17.7 Å². The average Bonchev–Trinajstić information content (AvgIpc) is 2.44. The number of hydrogen-bond acceptors (Lipinski definition) is 4. The van der Waals surface area contributed by atoms with Gasteiger partial charge in [0.05, 0.1) is 13.0 Å². The van der Waals surface area contributed by atoms with Crippen molar-refractivity contribution in [3.8, 4) is 0 Å². The molecule has 0 aliphatic heterocycles. The molecule has 1 rings (SSSR count). The van der Waals surface area contributed by atoms with E-state index >= 15 is 0 Å². The Morgan fingerprint density at radius 1 is 1.43 bits per heavy atom. The average molecular weight is 209 g/mol. The van der Waals surface area contributed by atoms with Crippen LogP contribution in [0.4, 0.5) is 13.2 Å². The van der Waals surface area contributed by atoms with Gasteiger partial charge in [0.1, 0.15) is 0 Å². The zero-order chi connectivity index (χ0) is 10.6. The number of nitrogens with zero attached hydrogens (tertiary/aromatic N) is 2. The molecule has 1 N–H and O–H groups in total. The summed E-state index contributed by atoms with van der Waals surface area (Å²) in [6.07, 6.45) is -4.98. The summed E-state index contributed by atoms with van der Waals surface area (Å²) < 4.78 is 39.7. The highest BCUT2D eigenvalue weighted by atomic mass is 19.4. The van der Waals surface area contributed by atoms with Gasteiger partial charge >= 0.3 is 6.18 Å². The van der Waals surface area contributed by atoms with E-state index in [1.807, 2.05) is 0 Å². The smallest absolute Gasteiger partial charge is 0.340 e. The normalized spacial score (nSPS) is 12.0. The number of aromatic nitrogens is 2. The molecule has 0 saturated heterocycles. The predicted molar refractivity (Wildman–Crippen MR) is 41.4 cm³/mol. The standard InChI is InChI=1S/C7H10F3N3O/c1-5-12-6(13-14-5)4-11-3-2-7(8,9)10/h11H,2-4H2,1H3. The fraction of sp³-hybridized carbons (Fsp3) is 0.714. The van der Waals surface area contributed by atoms with Gasteiger partial charge in [-0.3, -0.25) is 0 Å². The summed E-state index contributed by atoms with van der Waals surface area (Å²) in [5.41, 5.74) is 0. The first-order valence-corrected chi connectivity index (χ1v) is 4.04. The number of aryl methyl sites for hydroxylation is 1. The van der Waals surface area contributed by atoms with Crippen LogP contribution in [-0.2, 0) is 6.54 Å². The zero-order valence-corrected chi connectivity index (χ0v) is 7.56. The van der Waals surface area contributed by atoms with Crippen LogP contribution in [0.2, 0.25) is 0 Å². The molecule has 0 unspecified atom stereocenters. The molecule has 0 radical (unpaired) electrons. The number of hydrogen-bond donors (Lipinski definition) is 1. The van der Waals surface area contributed by atoms with E-state index in [0.717, 1.165) is 0 Å². The van der Waals surface area contributed by atoms with E-state index in [1.54, 1.807) is 6.92 Å². The monoisotopic (exact) mass is 209 g/mol. The Kier molecular flexibility index (Phi) is 3.45. The van der Waals surface area contributed by atoms with Gasteiger partial charge in [-0.25, -0.2) is 0 Å². The summed E-state index contributed by atoms with van der Waals surface area (Å²) in [6.45, 7) is 1.66. The molecule has 4 nitrogen and oxygen atoms in total. The highest BCUT2D eigenvalue weighted by Crippen LogP contribution is 2.18. The number of rotatable bonds is 4. The Hall–Kier alpha value is -1.11. The van der Waals surface area contributed by atoms with Crippen LogP contribution in [-0.4, -0.2) is 22.9 Å². The second kappa shape index (κ2) is 4.41.